The Bertz CT molecular complexity index is 993. The smallest absolute Gasteiger partial charge is 0.251 e. The third-order valence-electron chi connectivity index (χ3n) is 4.50. The van der Waals surface area contributed by atoms with Crippen molar-refractivity contribution in [3.8, 4) is 11.9 Å². The predicted octanol–water partition coefficient (Wildman–Crippen LogP) is 1.58. The molecule has 0 aliphatic carbocycles. The molecule has 10 heteroatoms. The number of rotatable bonds is 5. The molecule has 27 heavy (non-hydrogen) atoms. The van der Waals surface area contributed by atoms with E-state index in [1.165, 1.54) is 16.7 Å². The highest BCUT2D eigenvalue weighted by Crippen LogP contribution is 2.29. The second kappa shape index (κ2) is 7.25. The Morgan fingerprint density at radius 2 is 2.00 bits per heavy atom. The average Bonchev–Trinajstić information content (AvgIpc) is 3.20. The van der Waals surface area contributed by atoms with Gasteiger partial charge in [0.2, 0.25) is 15.7 Å². The number of hydrogen-bond donors (Lipinski definition) is 0. The minimum Gasteiger partial charge on any atom is -0.471 e. The summed E-state index contributed by atoms with van der Waals surface area (Å²) in [7, 11) is -3.68. The van der Waals surface area contributed by atoms with Crippen molar-refractivity contribution < 1.29 is 13.2 Å². The van der Waals surface area contributed by atoms with Gasteiger partial charge < -0.3 is 4.74 Å². The second-order valence-corrected chi connectivity index (χ2v) is 8.63. The highest BCUT2D eigenvalue weighted by atomic mass is 32.2. The molecule has 1 aliphatic heterocycles. The van der Waals surface area contributed by atoms with Gasteiger partial charge in [-0.3, -0.25) is 4.68 Å². The summed E-state index contributed by atoms with van der Waals surface area (Å²) in [5, 5.41) is 13.5. The van der Waals surface area contributed by atoms with Crippen LogP contribution in [0.2, 0.25) is 0 Å². The lowest BCUT2D eigenvalue weighted by Crippen LogP contribution is -2.32. The molecule has 2 aromatic heterocycles. The summed E-state index contributed by atoms with van der Waals surface area (Å²) in [6.07, 6.45) is 2.97. The van der Waals surface area contributed by atoms with Crippen molar-refractivity contribution in [3.63, 3.8) is 0 Å². The molecule has 0 aromatic carbocycles. The minimum atomic E-state index is -3.68. The minimum absolute atomic E-state index is 0.0726. The van der Waals surface area contributed by atoms with Crippen LogP contribution in [-0.2, 0) is 10.0 Å². The number of nitrogens with zero attached hydrogens (tertiary/aromatic N) is 6. The molecule has 9 nitrogen and oxygen atoms in total. The number of aromatic nitrogens is 4. The summed E-state index contributed by atoms with van der Waals surface area (Å²) < 4.78 is 35.2. The van der Waals surface area contributed by atoms with Crippen molar-refractivity contribution in [2.75, 3.05) is 13.1 Å². The van der Waals surface area contributed by atoms with Crippen molar-refractivity contribution >= 4 is 10.0 Å². The Morgan fingerprint density at radius 1 is 1.30 bits per heavy atom. The van der Waals surface area contributed by atoms with Crippen LogP contribution in [0.15, 0.2) is 17.3 Å². The predicted molar refractivity (Wildman–Crippen MR) is 96.6 cm³/mol. The maximum atomic E-state index is 13.2. The molecule has 0 amide bonds. The molecular weight excluding hydrogens is 368 g/mol. The fraction of sp³-hybridized carbons (Fsp3) is 0.529. The fourth-order valence-corrected chi connectivity index (χ4v) is 5.16. The van der Waals surface area contributed by atoms with Crippen LogP contribution in [0.4, 0.5) is 0 Å². The Labute approximate surface area is 158 Å². The van der Waals surface area contributed by atoms with E-state index >= 15 is 0 Å². The molecule has 2 aromatic rings. The first kappa shape index (κ1) is 19.3. The molecule has 0 spiro atoms. The highest BCUT2D eigenvalue weighted by molar-refractivity contribution is 7.89. The van der Waals surface area contributed by atoms with Crippen LogP contribution in [0.1, 0.15) is 43.4 Å². The summed E-state index contributed by atoms with van der Waals surface area (Å²) in [4.78, 5) is 8.18. The van der Waals surface area contributed by atoms with Gasteiger partial charge in [0.25, 0.3) is 5.88 Å². The molecule has 0 bridgehead atoms. The number of hydrogen-bond acceptors (Lipinski definition) is 7. The van der Waals surface area contributed by atoms with Crippen molar-refractivity contribution in [2.45, 2.75) is 51.2 Å². The van der Waals surface area contributed by atoms with Gasteiger partial charge in [0.05, 0.1) is 17.9 Å². The zero-order valence-corrected chi connectivity index (χ0v) is 16.6. The first-order chi connectivity index (χ1) is 12.8. The first-order valence-corrected chi connectivity index (χ1v) is 10.1. The van der Waals surface area contributed by atoms with Crippen LogP contribution in [0, 0.1) is 25.2 Å². The van der Waals surface area contributed by atoms with Gasteiger partial charge in [-0.05, 0) is 34.1 Å². The van der Waals surface area contributed by atoms with E-state index in [1.807, 2.05) is 19.9 Å². The van der Waals surface area contributed by atoms with Crippen LogP contribution in [0.3, 0.4) is 0 Å². The molecule has 3 heterocycles. The molecule has 0 N–H and O–H groups in total. The quantitative estimate of drug-likeness (QED) is 0.761. The van der Waals surface area contributed by atoms with Crippen LogP contribution < -0.4 is 4.74 Å². The average molecular weight is 390 g/mol. The molecule has 1 aliphatic rings. The summed E-state index contributed by atoms with van der Waals surface area (Å²) in [5.74, 6) is 0.129. The second-order valence-electron chi connectivity index (χ2n) is 6.75. The Hall–Kier alpha value is -2.51. The molecule has 1 saturated heterocycles. The normalized spacial score (nSPS) is 18.0. The molecule has 144 valence electrons. The van der Waals surface area contributed by atoms with E-state index in [2.05, 4.69) is 15.1 Å². The van der Waals surface area contributed by atoms with Crippen LogP contribution in [0.5, 0.6) is 5.88 Å². The zero-order valence-electron chi connectivity index (χ0n) is 15.7. The van der Waals surface area contributed by atoms with Crippen molar-refractivity contribution in [3.05, 3.63) is 29.5 Å². The molecule has 0 unspecified atom stereocenters. The van der Waals surface area contributed by atoms with E-state index in [4.69, 9.17) is 10.00 Å². The first-order valence-electron chi connectivity index (χ1n) is 8.69. The third-order valence-corrected chi connectivity index (χ3v) is 6.62. The van der Waals surface area contributed by atoms with Gasteiger partial charge in [-0.15, -0.1) is 0 Å². The SMILES string of the molecule is Cc1nn(C(C)C)c(C)c1S(=O)(=O)N1CC[C@H](Oc2nccnc2C#N)C1. The Morgan fingerprint density at radius 3 is 2.63 bits per heavy atom. The van der Waals surface area contributed by atoms with Crippen LogP contribution in [-0.4, -0.2) is 51.7 Å². The fourth-order valence-electron chi connectivity index (χ4n) is 3.31. The van der Waals surface area contributed by atoms with E-state index in [-0.39, 0.29) is 35.2 Å². The van der Waals surface area contributed by atoms with Gasteiger partial charge in [0.1, 0.15) is 17.1 Å². The number of aryl methyl sites for hydroxylation is 1. The lowest BCUT2D eigenvalue weighted by Gasteiger charge is -2.17. The standard InChI is InChI=1S/C17H22N6O3S/c1-11(2)23-13(4)16(12(3)21-23)27(24,25)22-8-5-14(10-22)26-17-15(9-18)19-6-7-20-17/h6-7,11,14H,5,8,10H2,1-4H3/t14-/m0/s1. The molecule has 1 atom stereocenters. The van der Waals surface area contributed by atoms with E-state index in [1.54, 1.807) is 18.5 Å². The lowest BCUT2D eigenvalue weighted by atomic mass is 10.3. The van der Waals surface area contributed by atoms with Crippen molar-refractivity contribution in [2.24, 2.45) is 0 Å². The van der Waals surface area contributed by atoms with Gasteiger partial charge >= 0.3 is 0 Å². The van der Waals surface area contributed by atoms with Crippen LogP contribution >= 0.6 is 0 Å². The maximum Gasteiger partial charge on any atom is 0.251 e. The molecule has 0 saturated carbocycles. The summed E-state index contributed by atoms with van der Waals surface area (Å²) in [5.41, 5.74) is 1.21. The zero-order chi connectivity index (χ0) is 19.8. The van der Waals surface area contributed by atoms with Gasteiger partial charge in [0, 0.05) is 25.0 Å². The summed E-state index contributed by atoms with van der Waals surface area (Å²) in [6.45, 7) is 7.93. The maximum absolute atomic E-state index is 13.2. The number of nitriles is 1. The summed E-state index contributed by atoms with van der Waals surface area (Å²) in [6, 6.07) is 2.00. The number of ether oxygens (including phenoxy) is 1. The van der Waals surface area contributed by atoms with Crippen LogP contribution in [0.25, 0.3) is 0 Å². The molecule has 3 rings (SSSR count). The van der Waals surface area contributed by atoms with E-state index in [9.17, 15) is 8.42 Å². The molecule has 1 fully saturated rings. The lowest BCUT2D eigenvalue weighted by molar-refractivity contribution is 0.205. The van der Waals surface area contributed by atoms with Crippen molar-refractivity contribution in [1.29, 1.82) is 5.26 Å². The van der Waals surface area contributed by atoms with E-state index in [0.717, 1.165) is 0 Å². The van der Waals surface area contributed by atoms with E-state index in [0.29, 0.717) is 24.4 Å². The van der Waals surface area contributed by atoms with Gasteiger partial charge in [0.15, 0.2) is 0 Å². The van der Waals surface area contributed by atoms with E-state index < -0.39 is 10.0 Å². The van der Waals surface area contributed by atoms with Gasteiger partial charge in [-0.2, -0.15) is 14.7 Å². The summed E-state index contributed by atoms with van der Waals surface area (Å²) >= 11 is 0. The van der Waals surface area contributed by atoms with Gasteiger partial charge in [-0.1, -0.05) is 0 Å². The highest BCUT2D eigenvalue weighted by Gasteiger charge is 2.37. The topological polar surface area (TPSA) is 114 Å². The largest absolute Gasteiger partial charge is 0.471 e. The third kappa shape index (κ3) is 3.52. The van der Waals surface area contributed by atoms with Gasteiger partial charge in [-0.25, -0.2) is 18.4 Å². The Balaban J connectivity index is 1.82. The van der Waals surface area contributed by atoms with Crippen molar-refractivity contribution in [1.82, 2.24) is 24.1 Å². The monoisotopic (exact) mass is 390 g/mol. The number of sulfonamides is 1. The molecular formula is C17H22N6O3S. The molecule has 0 radical (unpaired) electrons. The Kier molecular flexibility index (Phi) is 5.17.